The van der Waals surface area contributed by atoms with Crippen LogP contribution in [0.1, 0.15) is 38.7 Å². The third-order valence-corrected chi connectivity index (χ3v) is 5.68. The van der Waals surface area contributed by atoms with Gasteiger partial charge in [-0.05, 0) is 79.5 Å². The minimum atomic E-state index is 0.0230. The van der Waals surface area contributed by atoms with Crippen molar-refractivity contribution in [2.24, 2.45) is 5.92 Å². The quantitative estimate of drug-likeness (QED) is 0.406. The van der Waals surface area contributed by atoms with Crippen molar-refractivity contribution in [3.63, 3.8) is 0 Å². The Bertz CT molecular complexity index is 1020. The lowest BCUT2D eigenvalue weighted by atomic mass is 10.0. The number of aryl methyl sites for hydroxylation is 1. The highest BCUT2D eigenvalue weighted by Gasteiger charge is 2.21. The zero-order chi connectivity index (χ0) is 22.3. The molecule has 0 aromatic heterocycles. The van der Waals surface area contributed by atoms with Crippen molar-refractivity contribution in [1.82, 2.24) is 5.32 Å². The largest absolute Gasteiger partial charge is 0.493 e. The summed E-state index contributed by atoms with van der Waals surface area (Å²) in [6.07, 6.45) is 4.43. The fourth-order valence-electron chi connectivity index (χ4n) is 3.64. The molecule has 0 radical (unpaired) electrons. The monoisotopic (exact) mass is 429 g/mol. The number of rotatable bonds is 10. The third-order valence-electron chi connectivity index (χ3n) is 5.68. The fourth-order valence-corrected chi connectivity index (χ4v) is 3.64. The van der Waals surface area contributed by atoms with Crippen LogP contribution in [0.3, 0.4) is 0 Å². The maximum absolute atomic E-state index is 11.1. The first kappa shape index (κ1) is 21.9. The van der Waals surface area contributed by atoms with Crippen LogP contribution in [0.15, 0.2) is 72.8 Å². The second kappa shape index (κ2) is 10.4. The molecule has 0 saturated heterocycles. The van der Waals surface area contributed by atoms with Crippen molar-refractivity contribution in [3.8, 4) is 28.4 Å². The molecule has 1 N–H and O–H groups in total. The van der Waals surface area contributed by atoms with E-state index in [-0.39, 0.29) is 11.9 Å². The number of hydrogen-bond acceptors (Lipinski definition) is 3. The van der Waals surface area contributed by atoms with Crippen LogP contribution in [-0.4, -0.2) is 18.6 Å². The van der Waals surface area contributed by atoms with Gasteiger partial charge in [-0.2, -0.15) is 0 Å². The van der Waals surface area contributed by atoms with E-state index in [0.29, 0.717) is 0 Å². The molecule has 1 aliphatic rings. The minimum Gasteiger partial charge on any atom is -0.493 e. The molecule has 0 spiro atoms. The van der Waals surface area contributed by atoms with Crippen molar-refractivity contribution in [2.45, 2.75) is 45.6 Å². The number of amides is 1. The van der Waals surface area contributed by atoms with Crippen LogP contribution in [0.4, 0.5) is 0 Å². The first-order valence-corrected chi connectivity index (χ1v) is 11.4. The van der Waals surface area contributed by atoms with Gasteiger partial charge in [0.1, 0.15) is 17.2 Å². The summed E-state index contributed by atoms with van der Waals surface area (Å²) >= 11 is 0. The molecule has 0 bridgehead atoms. The van der Waals surface area contributed by atoms with Crippen LogP contribution in [0.25, 0.3) is 11.1 Å². The lowest BCUT2D eigenvalue weighted by molar-refractivity contribution is -0.119. The molecule has 3 aromatic carbocycles. The molecule has 4 nitrogen and oxygen atoms in total. The van der Waals surface area contributed by atoms with Crippen molar-refractivity contribution >= 4 is 5.91 Å². The summed E-state index contributed by atoms with van der Waals surface area (Å²) in [7, 11) is 0. The molecule has 1 atom stereocenters. The molecule has 32 heavy (non-hydrogen) atoms. The van der Waals surface area contributed by atoms with Gasteiger partial charge in [-0.1, -0.05) is 42.5 Å². The lowest BCUT2D eigenvalue weighted by Crippen LogP contribution is -2.30. The molecule has 1 fully saturated rings. The molecule has 4 rings (SSSR count). The van der Waals surface area contributed by atoms with Crippen molar-refractivity contribution < 1.29 is 14.3 Å². The van der Waals surface area contributed by atoms with Gasteiger partial charge in [-0.15, -0.1) is 0 Å². The number of hydrogen-bond donors (Lipinski definition) is 1. The van der Waals surface area contributed by atoms with Gasteiger partial charge >= 0.3 is 0 Å². The predicted molar refractivity (Wildman–Crippen MR) is 128 cm³/mol. The van der Waals surface area contributed by atoms with Crippen LogP contribution in [0, 0.1) is 5.92 Å². The van der Waals surface area contributed by atoms with E-state index in [9.17, 15) is 4.79 Å². The summed E-state index contributed by atoms with van der Waals surface area (Å²) in [5.74, 6) is 3.20. The van der Waals surface area contributed by atoms with Gasteiger partial charge in [0.2, 0.25) is 5.91 Å². The van der Waals surface area contributed by atoms with Gasteiger partial charge in [-0.25, -0.2) is 0 Å². The molecule has 4 heteroatoms. The number of benzene rings is 3. The van der Waals surface area contributed by atoms with E-state index in [2.05, 4.69) is 41.7 Å². The average molecular weight is 430 g/mol. The van der Waals surface area contributed by atoms with E-state index in [1.54, 1.807) is 6.92 Å². The average Bonchev–Trinajstić information content (AvgIpc) is 3.62. The molecule has 1 unspecified atom stereocenters. The second-order valence-corrected chi connectivity index (χ2v) is 8.69. The minimum absolute atomic E-state index is 0.0230. The standard InChI is InChI=1S/C28H31NO3/c1-20(29-21(2)30)6-7-22-10-12-24(13-11-22)25-14-16-26(17-15-25)32-28-5-3-4-27(18-28)31-19-23-8-9-23/h3-5,10-18,20,23H,6-9,19H2,1-2H3,(H,29,30). The molecule has 0 aliphatic heterocycles. The molecule has 1 aliphatic carbocycles. The van der Waals surface area contributed by atoms with E-state index in [0.717, 1.165) is 48.2 Å². The Kier molecular flexibility index (Phi) is 7.10. The summed E-state index contributed by atoms with van der Waals surface area (Å²) in [4.78, 5) is 11.1. The Labute approximate surface area is 190 Å². The highest BCUT2D eigenvalue weighted by atomic mass is 16.5. The normalized spacial score (nSPS) is 13.9. The van der Waals surface area contributed by atoms with E-state index in [1.807, 2.05) is 43.3 Å². The molecule has 1 amide bonds. The Balaban J connectivity index is 1.32. The zero-order valence-electron chi connectivity index (χ0n) is 18.8. The third kappa shape index (κ3) is 6.61. The topological polar surface area (TPSA) is 47.6 Å². The Hall–Kier alpha value is -3.27. The second-order valence-electron chi connectivity index (χ2n) is 8.69. The molecule has 166 valence electrons. The summed E-state index contributed by atoms with van der Waals surface area (Å²) in [5.41, 5.74) is 3.59. The Morgan fingerprint density at radius 3 is 2.25 bits per heavy atom. The van der Waals surface area contributed by atoms with Crippen LogP contribution < -0.4 is 14.8 Å². The maximum Gasteiger partial charge on any atom is 0.217 e. The van der Waals surface area contributed by atoms with Gasteiger partial charge in [0.15, 0.2) is 0 Å². The van der Waals surface area contributed by atoms with Crippen LogP contribution in [-0.2, 0) is 11.2 Å². The Morgan fingerprint density at radius 2 is 1.59 bits per heavy atom. The number of carbonyl (C=O) groups is 1. The van der Waals surface area contributed by atoms with E-state index in [1.165, 1.54) is 24.0 Å². The van der Waals surface area contributed by atoms with Gasteiger partial charge < -0.3 is 14.8 Å². The highest BCUT2D eigenvalue weighted by Crippen LogP contribution is 2.31. The predicted octanol–water partition coefficient (Wildman–Crippen LogP) is 6.39. The molecule has 0 heterocycles. The molecular formula is C28H31NO3. The van der Waals surface area contributed by atoms with Crippen LogP contribution >= 0.6 is 0 Å². The van der Waals surface area contributed by atoms with Crippen LogP contribution in [0.5, 0.6) is 17.2 Å². The van der Waals surface area contributed by atoms with Crippen molar-refractivity contribution in [1.29, 1.82) is 0 Å². The summed E-state index contributed by atoms with van der Waals surface area (Å²) in [6, 6.07) is 24.8. The number of carbonyl (C=O) groups excluding carboxylic acids is 1. The molecular weight excluding hydrogens is 398 g/mol. The Morgan fingerprint density at radius 1 is 0.938 bits per heavy atom. The SMILES string of the molecule is CC(=O)NC(C)CCc1ccc(-c2ccc(Oc3cccc(OCC4CC4)c3)cc2)cc1. The van der Waals surface area contributed by atoms with Crippen molar-refractivity contribution in [2.75, 3.05) is 6.61 Å². The van der Waals surface area contributed by atoms with E-state index < -0.39 is 0 Å². The number of ether oxygens (including phenoxy) is 2. The molecule has 1 saturated carbocycles. The van der Waals surface area contributed by atoms with Gasteiger partial charge in [0.25, 0.3) is 0 Å². The first-order valence-electron chi connectivity index (χ1n) is 11.4. The first-order chi connectivity index (χ1) is 15.5. The zero-order valence-corrected chi connectivity index (χ0v) is 18.8. The van der Waals surface area contributed by atoms with E-state index in [4.69, 9.17) is 9.47 Å². The fraction of sp³-hybridized carbons (Fsp3) is 0.321. The van der Waals surface area contributed by atoms with Gasteiger partial charge in [0, 0.05) is 19.0 Å². The maximum atomic E-state index is 11.1. The van der Waals surface area contributed by atoms with Gasteiger partial charge in [-0.3, -0.25) is 4.79 Å². The van der Waals surface area contributed by atoms with E-state index >= 15 is 0 Å². The summed E-state index contributed by atoms with van der Waals surface area (Å²) in [5, 5.41) is 2.93. The van der Waals surface area contributed by atoms with Crippen molar-refractivity contribution in [3.05, 3.63) is 78.4 Å². The number of nitrogens with one attached hydrogen (secondary N) is 1. The smallest absolute Gasteiger partial charge is 0.217 e. The summed E-state index contributed by atoms with van der Waals surface area (Å²) in [6.45, 7) is 4.39. The highest BCUT2D eigenvalue weighted by molar-refractivity contribution is 5.73. The summed E-state index contributed by atoms with van der Waals surface area (Å²) < 4.78 is 11.9. The van der Waals surface area contributed by atoms with Gasteiger partial charge in [0.05, 0.1) is 6.61 Å². The lowest BCUT2D eigenvalue weighted by Gasteiger charge is -2.12. The molecule has 3 aromatic rings. The van der Waals surface area contributed by atoms with Crippen LogP contribution in [0.2, 0.25) is 0 Å².